The monoisotopic (exact) mass is 505 g/mol. The van der Waals surface area contributed by atoms with E-state index in [1.165, 1.54) is 12.1 Å². The summed E-state index contributed by atoms with van der Waals surface area (Å²) in [5, 5.41) is 14.1. The average Bonchev–Trinajstić information content (AvgIpc) is 3.19. The van der Waals surface area contributed by atoms with E-state index < -0.39 is 41.7 Å². The minimum atomic E-state index is -1.24. The van der Waals surface area contributed by atoms with Crippen molar-refractivity contribution in [3.8, 4) is 5.75 Å². The maximum Gasteiger partial charge on any atom is 0.325 e. The van der Waals surface area contributed by atoms with Crippen LogP contribution in [0.2, 0.25) is 0 Å². The molecule has 3 unspecified atom stereocenters. The van der Waals surface area contributed by atoms with Gasteiger partial charge in [0.15, 0.2) is 0 Å². The first kappa shape index (κ1) is 25.8. The van der Waals surface area contributed by atoms with Gasteiger partial charge in [0, 0.05) is 5.92 Å². The Bertz CT molecular complexity index is 1280. The molecule has 1 saturated heterocycles. The quantitative estimate of drug-likeness (QED) is 0.382. The molecule has 3 N–H and O–H groups in total. The molecule has 192 valence electrons. The fraction of sp³-hybridized carbons (Fsp3) is 0.250. The molecule has 3 aromatic rings. The highest BCUT2D eigenvalue weighted by Gasteiger charge is 2.47. The van der Waals surface area contributed by atoms with Gasteiger partial charge < -0.3 is 20.5 Å². The number of hydrogen-bond acceptors (Lipinski definition) is 5. The summed E-state index contributed by atoms with van der Waals surface area (Å²) in [6.07, 6.45) is 0. The van der Waals surface area contributed by atoms with Gasteiger partial charge in [-0.25, -0.2) is 14.1 Å². The van der Waals surface area contributed by atoms with Crippen LogP contribution in [0.15, 0.2) is 72.8 Å². The molecule has 0 bridgehead atoms. The topological polar surface area (TPSA) is 108 Å². The van der Waals surface area contributed by atoms with Crippen LogP contribution in [0.25, 0.3) is 0 Å². The smallest absolute Gasteiger partial charge is 0.325 e. The molecule has 4 amide bonds. The van der Waals surface area contributed by atoms with Crippen LogP contribution in [0.3, 0.4) is 0 Å². The summed E-state index contributed by atoms with van der Waals surface area (Å²) in [6, 6.07) is 17.0. The van der Waals surface area contributed by atoms with E-state index in [1.54, 1.807) is 68.4 Å². The van der Waals surface area contributed by atoms with Gasteiger partial charge in [-0.1, -0.05) is 55.5 Å². The Kier molecular flexibility index (Phi) is 7.83. The molecular weight excluding hydrogens is 477 g/mol. The first-order chi connectivity index (χ1) is 17.8. The lowest BCUT2D eigenvalue weighted by atomic mass is 9.91. The SMILES string of the molecule is Cc1ccc(NC(=O)C(C(C)c2ccccc2)N2C(=O)NC(c3ccc(OCCO)cc3)C2=O)c(F)c1. The molecule has 9 heteroatoms. The Morgan fingerprint density at radius 1 is 1.11 bits per heavy atom. The molecule has 0 spiro atoms. The Morgan fingerprint density at radius 2 is 1.81 bits per heavy atom. The van der Waals surface area contributed by atoms with Gasteiger partial charge in [0.1, 0.15) is 30.3 Å². The van der Waals surface area contributed by atoms with Gasteiger partial charge in [-0.15, -0.1) is 0 Å². The van der Waals surface area contributed by atoms with Crippen molar-refractivity contribution in [1.82, 2.24) is 10.2 Å². The minimum absolute atomic E-state index is 0.0390. The molecule has 4 rings (SSSR count). The Labute approximate surface area is 214 Å². The molecule has 3 aromatic carbocycles. The van der Waals surface area contributed by atoms with Crippen LogP contribution >= 0.6 is 0 Å². The van der Waals surface area contributed by atoms with Gasteiger partial charge >= 0.3 is 6.03 Å². The number of nitrogens with zero attached hydrogens (tertiary/aromatic N) is 1. The largest absolute Gasteiger partial charge is 0.491 e. The van der Waals surface area contributed by atoms with Gasteiger partial charge in [-0.3, -0.25) is 9.59 Å². The fourth-order valence-electron chi connectivity index (χ4n) is 4.34. The number of nitrogens with one attached hydrogen (secondary N) is 2. The van der Waals surface area contributed by atoms with Crippen LogP contribution in [-0.4, -0.2) is 47.1 Å². The van der Waals surface area contributed by atoms with Crippen LogP contribution < -0.4 is 15.4 Å². The number of amides is 4. The maximum atomic E-state index is 14.5. The van der Waals surface area contributed by atoms with Gasteiger partial charge in [0.05, 0.1) is 12.3 Å². The zero-order valence-corrected chi connectivity index (χ0v) is 20.5. The summed E-state index contributed by atoms with van der Waals surface area (Å²) in [7, 11) is 0. The number of aliphatic hydroxyl groups is 1. The number of benzene rings is 3. The molecule has 1 heterocycles. The Balaban J connectivity index is 1.64. The number of aliphatic hydroxyl groups excluding tert-OH is 1. The van der Waals surface area contributed by atoms with Gasteiger partial charge in [-0.2, -0.15) is 0 Å². The second kappa shape index (κ2) is 11.2. The highest BCUT2D eigenvalue weighted by Crippen LogP contribution is 2.32. The highest BCUT2D eigenvalue weighted by atomic mass is 19.1. The maximum absolute atomic E-state index is 14.5. The van der Waals surface area contributed by atoms with E-state index in [0.717, 1.165) is 10.5 Å². The van der Waals surface area contributed by atoms with Crippen molar-refractivity contribution >= 4 is 23.5 Å². The number of aryl methyl sites for hydroxylation is 1. The second-order valence-electron chi connectivity index (χ2n) is 8.85. The molecule has 0 radical (unpaired) electrons. The molecule has 0 aromatic heterocycles. The normalized spacial score (nSPS) is 16.8. The predicted molar refractivity (Wildman–Crippen MR) is 136 cm³/mol. The van der Waals surface area contributed by atoms with Crippen molar-refractivity contribution in [2.24, 2.45) is 0 Å². The lowest BCUT2D eigenvalue weighted by Gasteiger charge is -2.30. The molecular formula is C28H28FN3O5. The van der Waals surface area contributed by atoms with E-state index in [0.29, 0.717) is 16.9 Å². The second-order valence-corrected chi connectivity index (χ2v) is 8.85. The van der Waals surface area contributed by atoms with E-state index in [-0.39, 0.29) is 18.9 Å². The molecule has 3 atom stereocenters. The zero-order valence-electron chi connectivity index (χ0n) is 20.5. The van der Waals surface area contributed by atoms with Crippen LogP contribution in [-0.2, 0) is 9.59 Å². The van der Waals surface area contributed by atoms with Gasteiger partial charge in [-0.05, 0) is 47.9 Å². The van der Waals surface area contributed by atoms with E-state index in [9.17, 15) is 18.8 Å². The molecule has 0 saturated carbocycles. The van der Waals surface area contributed by atoms with Gasteiger partial charge in [0.25, 0.3) is 5.91 Å². The number of urea groups is 1. The van der Waals surface area contributed by atoms with E-state index in [1.807, 2.05) is 6.07 Å². The van der Waals surface area contributed by atoms with Crippen molar-refractivity contribution in [3.05, 3.63) is 95.3 Å². The third-order valence-electron chi connectivity index (χ3n) is 6.27. The van der Waals surface area contributed by atoms with Crippen molar-refractivity contribution in [2.75, 3.05) is 18.5 Å². The molecule has 8 nitrogen and oxygen atoms in total. The van der Waals surface area contributed by atoms with Crippen LogP contribution in [0.1, 0.15) is 35.6 Å². The van der Waals surface area contributed by atoms with Crippen LogP contribution in [0.4, 0.5) is 14.9 Å². The Morgan fingerprint density at radius 3 is 2.46 bits per heavy atom. The van der Waals surface area contributed by atoms with Crippen LogP contribution in [0, 0.1) is 12.7 Å². The summed E-state index contributed by atoms with van der Waals surface area (Å²) in [5.74, 6) is -1.98. The molecule has 1 fully saturated rings. The first-order valence-electron chi connectivity index (χ1n) is 11.9. The summed E-state index contributed by atoms with van der Waals surface area (Å²) in [5.41, 5.74) is 1.90. The molecule has 0 aliphatic carbocycles. The molecule has 1 aliphatic heterocycles. The highest BCUT2D eigenvalue weighted by molar-refractivity contribution is 6.10. The Hall–Kier alpha value is -4.24. The predicted octanol–water partition coefficient (Wildman–Crippen LogP) is 3.91. The van der Waals surface area contributed by atoms with Gasteiger partial charge in [0.2, 0.25) is 5.91 Å². The van der Waals surface area contributed by atoms with Crippen molar-refractivity contribution in [3.63, 3.8) is 0 Å². The summed E-state index contributed by atoms with van der Waals surface area (Å²) in [4.78, 5) is 41.1. The molecule has 37 heavy (non-hydrogen) atoms. The number of ether oxygens (including phenoxy) is 1. The van der Waals surface area contributed by atoms with E-state index in [4.69, 9.17) is 9.84 Å². The standard InChI is InChI=1S/C28H28FN3O5/c1-17-8-13-23(22(29)16-17)30-26(34)25(18(2)19-6-4-3-5-7-19)32-27(35)24(31-28(32)36)20-9-11-21(12-10-20)37-15-14-33/h3-13,16,18,24-25,33H,14-15H2,1-2H3,(H,30,34)(H,31,36). The summed E-state index contributed by atoms with van der Waals surface area (Å²) >= 11 is 0. The zero-order chi connectivity index (χ0) is 26.5. The van der Waals surface area contributed by atoms with Crippen molar-refractivity contribution in [1.29, 1.82) is 0 Å². The number of rotatable bonds is 9. The van der Waals surface area contributed by atoms with Crippen molar-refractivity contribution in [2.45, 2.75) is 31.8 Å². The third-order valence-corrected chi connectivity index (χ3v) is 6.27. The number of anilines is 1. The lowest BCUT2D eigenvalue weighted by Crippen LogP contribution is -2.50. The number of carbonyl (C=O) groups is 3. The third kappa shape index (κ3) is 5.62. The number of hydrogen-bond donors (Lipinski definition) is 3. The first-order valence-corrected chi connectivity index (χ1v) is 11.9. The number of carbonyl (C=O) groups excluding carboxylic acids is 3. The summed E-state index contributed by atoms with van der Waals surface area (Å²) < 4.78 is 19.9. The minimum Gasteiger partial charge on any atom is -0.491 e. The average molecular weight is 506 g/mol. The lowest BCUT2D eigenvalue weighted by molar-refractivity contribution is -0.134. The fourth-order valence-corrected chi connectivity index (χ4v) is 4.34. The van der Waals surface area contributed by atoms with E-state index in [2.05, 4.69) is 10.6 Å². The number of imide groups is 1. The number of halogens is 1. The molecule has 1 aliphatic rings. The van der Waals surface area contributed by atoms with Crippen molar-refractivity contribution < 1.29 is 28.6 Å². The summed E-state index contributed by atoms with van der Waals surface area (Å²) in [6.45, 7) is 3.46. The van der Waals surface area contributed by atoms with E-state index >= 15 is 0 Å². The van der Waals surface area contributed by atoms with Crippen LogP contribution in [0.5, 0.6) is 5.75 Å².